The number of nitrogens with zero attached hydrogens (tertiary/aromatic N) is 1. The number of aliphatic hydroxyl groups is 1. The van der Waals surface area contributed by atoms with Gasteiger partial charge in [-0.25, -0.2) is 12.7 Å². The fourth-order valence-electron chi connectivity index (χ4n) is 3.19. The van der Waals surface area contributed by atoms with E-state index in [4.69, 9.17) is 9.47 Å². The lowest BCUT2D eigenvalue weighted by molar-refractivity contribution is -0.127. The normalized spacial score (nSPS) is 20.6. The highest BCUT2D eigenvalue weighted by atomic mass is 32.2. The number of amides is 1. The fraction of sp³-hybridized carbons (Fsp3) is 0.588. The molecule has 26 heavy (non-hydrogen) atoms. The van der Waals surface area contributed by atoms with Gasteiger partial charge in [0.1, 0.15) is 5.60 Å². The molecule has 0 aromatic heterocycles. The Balaban J connectivity index is 1.55. The zero-order valence-electron chi connectivity index (χ0n) is 14.9. The summed E-state index contributed by atoms with van der Waals surface area (Å²) in [5, 5.41) is 13.5. The van der Waals surface area contributed by atoms with Crippen molar-refractivity contribution >= 4 is 15.9 Å². The third-order valence-corrected chi connectivity index (χ3v) is 6.20. The maximum Gasteiger partial charge on any atom is 0.231 e. The van der Waals surface area contributed by atoms with Gasteiger partial charge in [0, 0.05) is 19.0 Å². The molecule has 0 spiro atoms. The number of sulfonamides is 1. The van der Waals surface area contributed by atoms with E-state index in [0.29, 0.717) is 43.0 Å². The number of piperidine rings is 1. The molecule has 2 aliphatic rings. The van der Waals surface area contributed by atoms with Gasteiger partial charge < -0.3 is 19.9 Å². The van der Waals surface area contributed by atoms with Gasteiger partial charge in [0.25, 0.3) is 0 Å². The number of carbonyl (C=O) groups excluding carboxylic acids is 1. The minimum absolute atomic E-state index is 0.0533. The van der Waals surface area contributed by atoms with E-state index < -0.39 is 15.6 Å². The van der Waals surface area contributed by atoms with Crippen molar-refractivity contribution in [3.8, 4) is 11.5 Å². The standard InChI is InChI=1S/C17H24N2O6S/c1-17(21,13-3-4-14-15(9-13)25-11-24-14)10-18-16(20)12-5-7-19(8-6-12)26(2,22)23/h3-4,9,12,21H,5-8,10-11H2,1-2H3,(H,18,20). The van der Waals surface area contributed by atoms with Crippen LogP contribution in [0.15, 0.2) is 18.2 Å². The van der Waals surface area contributed by atoms with Crippen molar-refractivity contribution in [2.75, 3.05) is 32.7 Å². The molecule has 1 fully saturated rings. The third-order valence-electron chi connectivity index (χ3n) is 4.90. The lowest BCUT2D eigenvalue weighted by atomic mass is 9.94. The highest BCUT2D eigenvalue weighted by Gasteiger charge is 2.31. The number of carbonyl (C=O) groups is 1. The van der Waals surface area contributed by atoms with Gasteiger partial charge in [-0.05, 0) is 37.5 Å². The van der Waals surface area contributed by atoms with E-state index in [0.717, 1.165) is 0 Å². The number of rotatable bonds is 5. The molecule has 8 nitrogen and oxygen atoms in total. The topological polar surface area (TPSA) is 105 Å². The Morgan fingerprint density at radius 3 is 2.62 bits per heavy atom. The monoisotopic (exact) mass is 384 g/mol. The summed E-state index contributed by atoms with van der Waals surface area (Å²) in [6.07, 6.45) is 2.13. The SMILES string of the molecule is CC(O)(CNC(=O)C1CCN(S(C)(=O)=O)CC1)c1ccc2c(c1)OCO2. The number of nitrogens with one attached hydrogen (secondary N) is 1. The van der Waals surface area contributed by atoms with Crippen LogP contribution in [0, 0.1) is 5.92 Å². The molecule has 9 heteroatoms. The van der Waals surface area contributed by atoms with Crippen LogP contribution < -0.4 is 14.8 Å². The highest BCUT2D eigenvalue weighted by Crippen LogP contribution is 2.35. The van der Waals surface area contributed by atoms with Crippen molar-refractivity contribution in [3.05, 3.63) is 23.8 Å². The molecule has 1 saturated heterocycles. The number of benzene rings is 1. The molecular weight excluding hydrogens is 360 g/mol. The van der Waals surface area contributed by atoms with Crippen LogP contribution in [-0.2, 0) is 20.4 Å². The first-order valence-electron chi connectivity index (χ1n) is 8.52. The van der Waals surface area contributed by atoms with E-state index in [1.807, 2.05) is 0 Å². The second kappa shape index (κ2) is 7.05. The zero-order valence-corrected chi connectivity index (χ0v) is 15.7. The van der Waals surface area contributed by atoms with Crippen LogP contribution in [0.2, 0.25) is 0 Å². The first-order chi connectivity index (χ1) is 12.2. The van der Waals surface area contributed by atoms with Crippen LogP contribution in [0.4, 0.5) is 0 Å². The summed E-state index contributed by atoms with van der Waals surface area (Å²) in [5.41, 5.74) is -0.640. The van der Waals surface area contributed by atoms with Gasteiger partial charge >= 0.3 is 0 Å². The lowest BCUT2D eigenvalue weighted by Crippen LogP contribution is -2.45. The third kappa shape index (κ3) is 4.11. The highest BCUT2D eigenvalue weighted by molar-refractivity contribution is 7.88. The Hall–Kier alpha value is -1.84. The van der Waals surface area contributed by atoms with Crippen LogP contribution in [0.1, 0.15) is 25.3 Å². The second-order valence-corrected chi connectivity index (χ2v) is 8.98. The van der Waals surface area contributed by atoms with Crippen LogP contribution >= 0.6 is 0 Å². The molecule has 2 aliphatic heterocycles. The van der Waals surface area contributed by atoms with Crippen molar-refractivity contribution in [2.45, 2.75) is 25.4 Å². The predicted molar refractivity (Wildman–Crippen MR) is 94.3 cm³/mol. The summed E-state index contributed by atoms with van der Waals surface area (Å²) < 4.78 is 35.0. The first-order valence-corrected chi connectivity index (χ1v) is 10.4. The van der Waals surface area contributed by atoms with Gasteiger partial charge in [-0.2, -0.15) is 0 Å². The summed E-state index contributed by atoms with van der Waals surface area (Å²) in [4.78, 5) is 12.4. The molecule has 2 heterocycles. The van der Waals surface area contributed by atoms with E-state index in [9.17, 15) is 18.3 Å². The van der Waals surface area contributed by atoms with Gasteiger partial charge in [-0.1, -0.05) is 6.07 Å². The summed E-state index contributed by atoms with van der Waals surface area (Å²) in [5.74, 6) is 0.785. The Labute approximate surface area is 153 Å². The van der Waals surface area contributed by atoms with E-state index >= 15 is 0 Å². The molecule has 0 saturated carbocycles. The molecule has 1 amide bonds. The second-order valence-electron chi connectivity index (χ2n) is 7.00. The molecule has 1 aromatic rings. The number of hydrogen-bond acceptors (Lipinski definition) is 6. The van der Waals surface area contributed by atoms with Crippen LogP contribution in [0.25, 0.3) is 0 Å². The molecule has 1 atom stereocenters. The average molecular weight is 384 g/mol. The molecule has 0 aliphatic carbocycles. The lowest BCUT2D eigenvalue weighted by Gasteiger charge is -2.30. The Kier molecular flexibility index (Phi) is 5.14. The van der Waals surface area contributed by atoms with E-state index in [1.54, 1.807) is 25.1 Å². The van der Waals surface area contributed by atoms with Gasteiger partial charge in [0.15, 0.2) is 11.5 Å². The quantitative estimate of drug-likeness (QED) is 0.762. The van der Waals surface area contributed by atoms with Gasteiger partial charge in [-0.15, -0.1) is 0 Å². The predicted octanol–water partition coefficient (Wildman–Crippen LogP) is 0.411. The maximum absolute atomic E-state index is 12.4. The minimum Gasteiger partial charge on any atom is -0.454 e. The van der Waals surface area contributed by atoms with Crippen molar-refractivity contribution < 1.29 is 27.8 Å². The smallest absolute Gasteiger partial charge is 0.231 e. The number of hydrogen-bond donors (Lipinski definition) is 2. The van der Waals surface area contributed by atoms with E-state index in [-0.39, 0.29) is 25.2 Å². The van der Waals surface area contributed by atoms with Gasteiger partial charge in [0.05, 0.1) is 12.8 Å². The van der Waals surface area contributed by atoms with Crippen molar-refractivity contribution in [2.24, 2.45) is 5.92 Å². The van der Waals surface area contributed by atoms with Crippen LogP contribution in [0.5, 0.6) is 11.5 Å². The summed E-state index contributed by atoms with van der Waals surface area (Å²) >= 11 is 0. The average Bonchev–Trinajstić information content (AvgIpc) is 3.07. The first kappa shape index (κ1) is 18.9. The van der Waals surface area contributed by atoms with Crippen LogP contribution in [0.3, 0.4) is 0 Å². The molecule has 1 unspecified atom stereocenters. The van der Waals surface area contributed by atoms with Gasteiger partial charge in [0.2, 0.25) is 22.7 Å². The molecule has 3 rings (SSSR count). The summed E-state index contributed by atoms with van der Waals surface area (Å²) in [7, 11) is -3.21. The van der Waals surface area contributed by atoms with Gasteiger partial charge in [-0.3, -0.25) is 4.79 Å². The molecular formula is C17H24N2O6S. The molecule has 2 N–H and O–H groups in total. The van der Waals surface area contributed by atoms with Crippen LogP contribution in [-0.4, -0.2) is 56.4 Å². The molecule has 0 bridgehead atoms. The molecule has 1 aromatic carbocycles. The Morgan fingerprint density at radius 2 is 1.96 bits per heavy atom. The zero-order chi connectivity index (χ0) is 18.9. The number of fused-ring (bicyclic) bond motifs is 1. The molecule has 0 radical (unpaired) electrons. The molecule has 144 valence electrons. The summed E-state index contributed by atoms with van der Waals surface area (Å²) in [6, 6.07) is 5.18. The largest absolute Gasteiger partial charge is 0.454 e. The summed E-state index contributed by atoms with van der Waals surface area (Å²) in [6.45, 7) is 2.52. The van der Waals surface area contributed by atoms with Crippen molar-refractivity contribution in [1.29, 1.82) is 0 Å². The Bertz CT molecular complexity index is 784. The van der Waals surface area contributed by atoms with Crippen molar-refractivity contribution in [3.63, 3.8) is 0 Å². The number of ether oxygens (including phenoxy) is 2. The van der Waals surface area contributed by atoms with Crippen molar-refractivity contribution in [1.82, 2.24) is 9.62 Å². The van der Waals surface area contributed by atoms with E-state index in [1.165, 1.54) is 10.6 Å². The Morgan fingerprint density at radius 1 is 1.31 bits per heavy atom. The minimum atomic E-state index is -3.21. The van der Waals surface area contributed by atoms with E-state index in [2.05, 4.69) is 5.32 Å². The maximum atomic E-state index is 12.4. The fourth-order valence-corrected chi connectivity index (χ4v) is 4.06.